The molecule has 0 saturated heterocycles. The summed E-state index contributed by atoms with van der Waals surface area (Å²) in [5.41, 5.74) is -0.758. The van der Waals surface area contributed by atoms with Crippen molar-refractivity contribution in [3.8, 4) is 11.8 Å². The van der Waals surface area contributed by atoms with Crippen LogP contribution in [0, 0.1) is 70.0 Å². The summed E-state index contributed by atoms with van der Waals surface area (Å²) in [5, 5.41) is -4.39. The first-order chi connectivity index (χ1) is 21.2. The van der Waals surface area contributed by atoms with Crippen LogP contribution in [0.1, 0.15) is 31.9 Å². The SMILES string of the molecule is CC(C)(C)N=C/C(=C(/C#Cc1ccccc1)P(c1c(F)c(F)c(F)c(F)c1F)c1c(F)c(F)c(F)c(F)c1F)c1ccccc1. The highest BCUT2D eigenvalue weighted by Gasteiger charge is 2.40. The topological polar surface area (TPSA) is 12.4 Å². The van der Waals surface area contributed by atoms with E-state index in [1.165, 1.54) is 36.4 Å². The Morgan fingerprint density at radius 3 is 1.36 bits per heavy atom. The Balaban J connectivity index is 2.33. The average molecular weight is 651 g/mol. The average Bonchev–Trinajstić information content (AvgIpc) is 3.02. The van der Waals surface area contributed by atoms with Crippen molar-refractivity contribution in [1.29, 1.82) is 0 Å². The van der Waals surface area contributed by atoms with E-state index in [0.29, 0.717) is 0 Å². The fraction of sp³-hybridized carbons (Fsp3) is 0.121. The van der Waals surface area contributed by atoms with Gasteiger partial charge in [-0.05, 0) is 38.5 Å². The van der Waals surface area contributed by atoms with E-state index in [1.807, 2.05) is 0 Å². The first kappa shape index (κ1) is 33.5. The van der Waals surface area contributed by atoms with Crippen molar-refractivity contribution in [2.24, 2.45) is 4.99 Å². The molecule has 0 bridgehead atoms. The van der Waals surface area contributed by atoms with E-state index < -0.39 is 87.6 Å². The quantitative estimate of drug-likeness (QED) is 0.0511. The predicted octanol–water partition coefficient (Wildman–Crippen LogP) is 8.84. The summed E-state index contributed by atoms with van der Waals surface area (Å²) in [6.45, 7) is 4.91. The van der Waals surface area contributed by atoms with Crippen LogP contribution in [-0.4, -0.2) is 11.8 Å². The number of hydrogen-bond acceptors (Lipinski definition) is 1. The highest BCUT2D eigenvalue weighted by molar-refractivity contribution is 7.77. The second-order valence-corrected chi connectivity index (χ2v) is 12.4. The summed E-state index contributed by atoms with van der Waals surface area (Å²) in [6.07, 6.45) is 1.10. The lowest BCUT2D eigenvalue weighted by molar-refractivity contribution is 0.383. The Kier molecular flexibility index (Phi) is 9.89. The van der Waals surface area contributed by atoms with Crippen LogP contribution in [0.3, 0.4) is 0 Å². The third-order valence-corrected chi connectivity index (χ3v) is 8.54. The molecule has 0 radical (unpaired) electrons. The Labute approximate surface area is 252 Å². The Morgan fingerprint density at radius 1 is 0.578 bits per heavy atom. The fourth-order valence-electron chi connectivity index (χ4n) is 3.96. The largest absolute Gasteiger partial charge is 0.287 e. The summed E-state index contributed by atoms with van der Waals surface area (Å²) in [4.78, 5) is 4.34. The summed E-state index contributed by atoms with van der Waals surface area (Å²) >= 11 is 0. The van der Waals surface area contributed by atoms with Gasteiger partial charge in [-0.2, -0.15) is 0 Å². The van der Waals surface area contributed by atoms with E-state index in [4.69, 9.17) is 0 Å². The minimum atomic E-state index is -3.87. The van der Waals surface area contributed by atoms with Crippen LogP contribution in [0.25, 0.3) is 5.57 Å². The molecule has 0 amide bonds. The molecular weight excluding hydrogens is 631 g/mol. The first-order valence-corrected chi connectivity index (χ1v) is 14.2. The van der Waals surface area contributed by atoms with Crippen molar-refractivity contribution in [3.63, 3.8) is 0 Å². The summed E-state index contributed by atoms with van der Waals surface area (Å²) in [5.74, 6) is -20.2. The van der Waals surface area contributed by atoms with E-state index >= 15 is 17.6 Å². The van der Waals surface area contributed by atoms with Gasteiger partial charge in [0.05, 0.1) is 16.1 Å². The normalized spacial score (nSPS) is 12.4. The summed E-state index contributed by atoms with van der Waals surface area (Å²) < 4.78 is 149. The smallest absolute Gasteiger partial charge is 0.200 e. The van der Waals surface area contributed by atoms with Crippen LogP contribution in [0.4, 0.5) is 43.9 Å². The van der Waals surface area contributed by atoms with Crippen LogP contribution in [0.5, 0.6) is 0 Å². The Bertz CT molecular complexity index is 1760. The molecule has 0 saturated carbocycles. The van der Waals surface area contributed by atoms with Crippen molar-refractivity contribution in [2.45, 2.75) is 26.3 Å². The zero-order chi connectivity index (χ0) is 33.2. The van der Waals surface area contributed by atoms with E-state index in [0.717, 1.165) is 6.21 Å². The standard InChI is InChI=1S/C33H20F10NP/c1-33(2,3)44-16-19(18-12-8-5-9-13-18)20(15-14-17-10-6-4-7-11-17)45(31-27(40)23(36)21(34)24(37)28(31)41)32-29(42)25(38)22(35)26(39)30(32)43/h4-13,16H,1-3H3/b20-19+,44-16?. The molecule has 0 N–H and O–H groups in total. The highest BCUT2D eigenvalue weighted by atomic mass is 31.1. The molecule has 4 rings (SSSR count). The second-order valence-electron chi connectivity index (χ2n) is 10.3. The number of rotatable bonds is 5. The van der Waals surface area contributed by atoms with Crippen LogP contribution < -0.4 is 10.6 Å². The first-order valence-electron chi connectivity index (χ1n) is 12.9. The maximum atomic E-state index is 15.5. The van der Waals surface area contributed by atoms with Gasteiger partial charge in [0, 0.05) is 30.6 Å². The Morgan fingerprint density at radius 2 is 0.956 bits per heavy atom. The van der Waals surface area contributed by atoms with Crippen LogP contribution in [0.15, 0.2) is 71.0 Å². The molecule has 1 nitrogen and oxygen atoms in total. The predicted molar refractivity (Wildman–Crippen MR) is 154 cm³/mol. The van der Waals surface area contributed by atoms with E-state index in [-0.39, 0.29) is 16.7 Å². The minimum absolute atomic E-state index is 0.128. The van der Waals surface area contributed by atoms with Crippen LogP contribution >= 0.6 is 7.92 Å². The number of benzene rings is 4. The van der Waals surface area contributed by atoms with Crippen molar-refractivity contribution in [1.82, 2.24) is 0 Å². The van der Waals surface area contributed by atoms with Gasteiger partial charge in [0.1, 0.15) is 0 Å². The van der Waals surface area contributed by atoms with Crippen molar-refractivity contribution in [3.05, 3.63) is 135 Å². The van der Waals surface area contributed by atoms with Gasteiger partial charge in [0.15, 0.2) is 46.5 Å². The monoisotopic (exact) mass is 651 g/mol. The third kappa shape index (κ3) is 6.81. The molecule has 4 aromatic carbocycles. The molecule has 0 aromatic heterocycles. The van der Waals surface area contributed by atoms with Crippen molar-refractivity contribution in [2.75, 3.05) is 0 Å². The van der Waals surface area contributed by atoms with Gasteiger partial charge < -0.3 is 0 Å². The molecule has 0 aliphatic rings. The molecule has 0 unspecified atom stereocenters. The molecule has 0 aliphatic carbocycles. The zero-order valence-corrected chi connectivity index (χ0v) is 24.4. The van der Waals surface area contributed by atoms with Gasteiger partial charge in [-0.1, -0.05) is 60.4 Å². The lowest BCUT2D eigenvalue weighted by atomic mass is 10.1. The number of allylic oxidation sites excluding steroid dienone is 2. The van der Waals surface area contributed by atoms with Gasteiger partial charge in [0.2, 0.25) is 11.6 Å². The van der Waals surface area contributed by atoms with Crippen molar-refractivity contribution < 1.29 is 43.9 Å². The molecule has 45 heavy (non-hydrogen) atoms. The molecule has 0 heterocycles. The lowest BCUT2D eigenvalue weighted by Crippen LogP contribution is -2.29. The van der Waals surface area contributed by atoms with Gasteiger partial charge >= 0.3 is 0 Å². The van der Waals surface area contributed by atoms with Gasteiger partial charge in [-0.25, -0.2) is 43.9 Å². The van der Waals surface area contributed by atoms with Crippen LogP contribution in [-0.2, 0) is 0 Å². The highest BCUT2D eigenvalue weighted by Crippen LogP contribution is 2.50. The van der Waals surface area contributed by atoms with Gasteiger partial charge in [-0.3, -0.25) is 4.99 Å². The number of aliphatic imine (C=N–C) groups is 1. The fourth-order valence-corrected chi connectivity index (χ4v) is 6.40. The summed E-state index contributed by atoms with van der Waals surface area (Å²) in [7, 11) is -3.87. The lowest BCUT2D eigenvalue weighted by Gasteiger charge is -2.24. The minimum Gasteiger partial charge on any atom is -0.287 e. The van der Waals surface area contributed by atoms with E-state index in [9.17, 15) is 26.3 Å². The molecular formula is C33H20F10NP. The molecule has 0 aliphatic heterocycles. The maximum absolute atomic E-state index is 15.5. The molecule has 0 atom stereocenters. The molecule has 232 valence electrons. The molecule has 0 fully saturated rings. The van der Waals surface area contributed by atoms with Gasteiger partial charge in [0.25, 0.3) is 0 Å². The van der Waals surface area contributed by atoms with E-state index in [1.54, 1.807) is 45.0 Å². The van der Waals surface area contributed by atoms with Gasteiger partial charge in [-0.15, -0.1) is 0 Å². The number of hydrogen-bond donors (Lipinski definition) is 0. The van der Waals surface area contributed by atoms with Crippen molar-refractivity contribution >= 4 is 30.3 Å². The maximum Gasteiger partial charge on any atom is 0.200 e. The second kappa shape index (κ2) is 13.3. The van der Waals surface area contributed by atoms with Crippen LogP contribution in [0.2, 0.25) is 0 Å². The molecule has 4 aromatic rings. The summed E-state index contributed by atoms with van der Waals surface area (Å²) in [6, 6.07) is 15.0. The number of nitrogens with zero attached hydrogens (tertiary/aromatic N) is 1. The Hall–Kier alpha value is -4.42. The van der Waals surface area contributed by atoms with E-state index in [2.05, 4.69) is 16.8 Å². The molecule has 12 heteroatoms. The zero-order valence-electron chi connectivity index (χ0n) is 23.5. The number of halogens is 10. The third-order valence-electron chi connectivity index (χ3n) is 6.06. The molecule has 0 spiro atoms.